The fourth-order valence-electron chi connectivity index (χ4n) is 5.73. The molecule has 0 saturated heterocycles. The molecule has 0 bridgehead atoms. The number of rotatable bonds is 4. The zero-order valence-corrected chi connectivity index (χ0v) is 22.8. The molecule has 6 aromatic carbocycles. The van der Waals surface area contributed by atoms with Crippen molar-refractivity contribution in [3.8, 4) is 39.3 Å². The lowest BCUT2D eigenvalue weighted by Gasteiger charge is -2.12. The smallest absolute Gasteiger partial charge is 0.147 e. The van der Waals surface area contributed by atoms with Crippen molar-refractivity contribution >= 4 is 42.5 Å². The molecule has 41 heavy (non-hydrogen) atoms. The van der Waals surface area contributed by atoms with Crippen LogP contribution in [0.25, 0.3) is 70.5 Å². The van der Waals surface area contributed by atoms with Crippen molar-refractivity contribution in [1.82, 2.24) is 9.55 Å². The molecule has 0 amide bonds. The van der Waals surface area contributed by atoms with Gasteiger partial charge in [-0.2, -0.15) is 0 Å². The maximum atomic E-state index is 15.5. The Balaban J connectivity index is 1.34. The van der Waals surface area contributed by atoms with E-state index in [1.165, 1.54) is 5.56 Å². The quantitative estimate of drug-likeness (QED) is 0.215. The van der Waals surface area contributed by atoms with Gasteiger partial charge in [-0.1, -0.05) is 97.1 Å². The Hall–Kier alpha value is -5.06. The highest BCUT2D eigenvalue weighted by Gasteiger charge is 2.20. The number of para-hydroxylation sites is 2. The Labute approximate surface area is 240 Å². The monoisotopic (exact) mass is 546 g/mol. The first-order valence-corrected chi connectivity index (χ1v) is 14.4. The number of hydrogen-bond acceptors (Lipinski definition) is 2. The van der Waals surface area contributed by atoms with Crippen LogP contribution in [0.3, 0.4) is 0 Å². The normalized spacial score (nSPS) is 11.5. The first kappa shape index (κ1) is 23.8. The molecule has 0 aliphatic carbocycles. The number of thiophene rings is 1. The van der Waals surface area contributed by atoms with E-state index in [-0.39, 0.29) is 5.82 Å². The minimum Gasteiger partial charge on any atom is -0.292 e. The summed E-state index contributed by atoms with van der Waals surface area (Å²) in [6, 6.07) is 47.2. The number of halogens is 1. The highest BCUT2D eigenvalue weighted by atomic mass is 32.1. The van der Waals surface area contributed by atoms with E-state index >= 15 is 4.39 Å². The van der Waals surface area contributed by atoms with Gasteiger partial charge in [-0.05, 0) is 64.7 Å². The Morgan fingerprint density at radius 3 is 1.98 bits per heavy atom. The lowest BCUT2D eigenvalue weighted by atomic mass is 10.0. The third-order valence-corrected chi connectivity index (χ3v) is 8.90. The molecule has 0 atom stereocenters. The first-order valence-electron chi connectivity index (χ1n) is 13.6. The van der Waals surface area contributed by atoms with Gasteiger partial charge in [0, 0.05) is 31.4 Å². The van der Waals surface area contributed by atoms with E-state index in [1.807, 2.05) is 48.5 Å². The minimum absolute atomic E-state index is 0.211. The summed E-state index contributed by atoms with van der Waals surface area (Å²) in [5, 5.41) is 1.58. The topological polar surface area (TPSA) is 17.8 Å². The molecular weight excluding hydrogens is 523 g/mol. The lowest BCUT2D eigenvalue weighted by molar-refractivity contribution is 0.641. The molecule has 0 spiro atoms. The van der Waals surface area contributed by atoms with Crippen molar-refractivity contribution < 1.29 is 4.39 Å². The molecule has 0 fully saturated rings. The summed E-state index contributed by atoms with van der Waals surface area (Å²) in [4.78, 5) is 5.10. The fourth-order valence-corrected chi connectivity index (χ4v) is 6.99. The fraction of sp³-hybridized carbons (Fsp3) is 0. The van der Waals surface area contributed by atoms with E-state index in [9.17, 15) is 0 Å². The molecule has 194 valence electrons. The number of nitrogens with zero attached hydrogens (tertiary/aromatic N) is 2. The van der Waals surface area contributed by atoms with Gasteiger partial charge >= 0.3 is 0 Å². The Morgan fingerprint density at radius 2 is 1.22 bits per heavy atom. The van der Waals surface area contributed by atoms with Gasteiger partial charge in [0.05, 0.1) is 11.0 Å². The molecule has 0 aliphatic rings. The second kappa shape index (κ2) is 9.54. The SMILES string of the molecule is Fc1ccc(-c2nc3ccccc3n2-c2ccc(-c3ccccc3)cc2)c2sc3cc(-c4ccccc4)ccc3c12. The summed E-state index contributed by atoms with van der Waals surface area (Å²) in [6.07, 6.45) is 0. The van der Waals surface area contributed by atoms with Gasteiger partial charge in [0.2, 0.25) is 0 Å². The average Bonchev–Trinajstić information content (AvgIpc) is 3.61. The average molecular weight is 547 g/mol. The van der Waals surface area contributed by atoms with Gasteiger partial charge < -0.3 is 0 Å². The second-order valence-electron chi connectivity index (χ2n) is 10.2. The van der Waals surface area contributed by atoms with Crippen LogP contribution in [-0.2, 0) is 0 Å². The molecule has 2 heterocycles. The zero-order valence-electron chi connectivity index (χ0n) is 22.0. The van der Waals surface area contributed by atoms with Gasteiger partial charge in [-0.3, -0.25) is 4.57 Å². The molecule has 8 aromatic rings. The number of benzene rings is 6. The summed E-state index contributed by atoms with van der Waals surface area (Å²) in [6.45, 7) is 0. The van der Waals surface area contributed by atoms with Crippen LogP contribution in [-0.4, -0.2) is 9.55 Å². The van der Waals surface area contributed by atoms with E-state index in [2.05, 4.69) is 89.5 Å². The number of imidazole rings is 1. The van der Waals surface area contributed by atoms with Crippen LogP contribution in [0, 0.1) is 5.82 Å². The largest absolute Gasteiger partial charge is 0.292 e. The van der Waals surface area contributed by atoms with Crippen molar-refractivity contribution in [2.45, 2.75) is 0 Å². The second-order valence-corrected chi connectivity index (χ2v) is 11.2. The summed E-state index contributed by atoms with van der Waals surface area (Å²) in [5.74, 6) is 0.593. The molecule has 0 N–H and O–H groups in total. The van der Waals surface area contributed by atoms with Gasteiger partial charge in [0.25, 0.3) is 0 Å². The zero-order chi connectivity index (χ0) is 27.3. The van der Waals surface area contributed by atoms with E-state index in [0.717, 1.165) is 59.6 Å². The van der Waals surface area contributed by atoms with Crippen molar-refractivity contribution in [2.75, 3.05) is 0 Å². The molecule has 2 nitrogen and oxygen atoms in total. The van der Waals surface area contributed by atoms with Crippen LogP contribution in [0.15, 0.2) is 140 Å². The third kappa shape index (κ3) is 3.95. The van der Waals surface area contributed by atoms with E-state index in [4.69, 9.17) is 4.98 Å². The Morgan fingerprint density at radius 1 is 0.585 bits per heavy atom. The van der Waals surface area contributed by atoms with Crippen LogP contribution in [0.4, 0.5) is 4.39 Å². The minimum atomic E-state index is -0.211. The summed E-state index contributed by atoms with van der Waals surface area (Å²) >= 11 is 1.63. The van der Waals surface area contributed by atoms with Crippen molar-refractivity contribution in [2.24, 2.45) is 0 Å². The molecule has 8 rings (SSSR count). The molecule has 0 unspecified atom stereocenters. The van der Waals surface area contributed by atoms with Crippen molar-refractivity contribution in [3.63, 3.8) is 0 Å². The third-order valence-electron chi connectivity index (χ3n) is 7.71. The van der Waals surface area contributed by atoms with Crippen LogP contribution in [0.1, 0.15) is 0 Å². The number of aromatic nitrogens is 2. The maximum Gasteiger partial charge on any atom is 0.147 e. The van der Waals surface area contributed by atoms with E-state index in [0.29, 0.717) is 5.39 Å². The summed E-state index contributed by atoms with van der Waals surface area (Å²) < 4.78 is 19.6. The molecule has 0 saturated carbocycles. The first-order chi connectivity index (χ1) is 20.2. The summed E-state index contributed by atoms with van der Waals surface area (Å²) in [5.41, 5.74) is 8.45. The van der Waals surface area contributed by atoms with Crippen LogP contribution < -0.4 is 0 Å². The predicted molar refractivity (Wildman–Crippen MR) is 170 cm³/mol. The van der Waals surface area contributed by atoms with Gasteiger partial charge in [0.1, 0.15) is 11.6 Å². The van der Waals surface area contributed by atoms with Crippen LogP contribution >= 0.6 is 11.3 Å². The van der Waals surface area contributed by atoms with E-state index < -0.39 is 0 Å². The van der Waals surface area contributed by atoms with Crippen molar-refractivity contribution in [1.29, 1.82) is 0 Å². The Kier molecular flexibility index (Phi) is 5.54. The molecule has 0 radical (unpaired) electrons. The predicted octanol–water partition coefficient (Wildman–Crippen LogP) is 10.5. The lowest BCUT2D eigenvalue weighted by Crippen LogP contribution is -1.98. The highest BCUT2D eigenvalue weighted by molar-refractivity contribution is 7.26. The van der Waals surface area contributed by atoms with E-state index in [1.54, 1.807) is 17.4 Å². The van der Waals surface area contributed by atoms with Gasteiger partial charge in [-0.25, -0.2) is 9.37 Å². The summed E-state index contributed by atoms with van der Waals surface area (Å²) in [7, 11) is 0. The maximum absolute atomic E-state index is 15.5. The van der Waals surface area contributed by atoms with Crippen LogP contribution in [0.2, 0.25) is 0 Å². The van der Waals surface area contributed by atoms with Gasteiger partial charge in [0.15, 0.2) is 0 Å². The standard InChI is InChI=1S/C37H23FN2S/c38-31-22-21-30(36-35(31)29-20-17-27(23-34(29)41-36)25-11-5-2-6-12-25)37-39-32-13-7-8-14-33(32)40(37)28-18-15-26(16-19-28)24-9-3-1-4-10-24/h1-23H. The van der Waals surface area contributed by atoms with Crippen molar-refractivity contribution in [3.05, 3.63) is 145 Å². The highest BCUT2D eigenvalue weighted by Crippen LogP contribution is 2.43. The molecular formula is C37H23FN2S. The molecule has 2 aromatic heterocycles. The molecule has 0 aliphatic heterocycles. The number of hydrogen-bond donors (Lipinski definition) is 0. The molecule has 4 heteroatoms. The van der Waals surface area contributed by atoms with Gasteiger partial charge in [-0.15, -0.1) is 11.3 Å². The Bertz CT molecular complexity index is 2190. The number of fused-ring (bicyclic) bond motifs is 4. The van der Waals surface area contributed by atoms with Crippen LogP contribution in [0.5, 0.6) is 0 Å².